The highest BCUT2D eigenvalue weighted by molar-refractivity contribution is 7.00. The van der Waals surface area contributed by atoms with Gasteiger partial charge in [0, 0.05) is 6.04 Å². The fourth-order valence-corrected chi connectivity index (χ4v) is 3.27. The number of carbonyl (C=O) groups excluding carboxylic acids is 1. The van der Waals surface area contributed by atoms with Gasteiger partial charge < -0.3 is 10.6 Å². The van der Waals surface area contributed by atoms with Crippen LogP contribution in [0.1, 0.15) is 32.1 Å². The van der Waals surface area contributed by atoms with Gasteiger partial charge in [-0.05, 0) is 25.0 Å². The van der Waals surface area contributed by atoms with Crippen molar-refractivity contribution in [3.63, 3.8) is 0 Å². The molecule has 1 aliphatic rings. The van der Waals surface area contributed by atoms with Crippen LogP contribution in [0.4, 0.5) is 10.5 Å². The second-order valence-electron chi connectivity index (χ2n) is 4.99. The molecule has 0 radical (unpaired) electrons. The fourth-order valence-electron chi connectivity index (χ4n) is 2.53. The third-order valence-corrected chi connectivity index (χ3v) is 4.41. The van der Waals surface area contributed by atoms with E-state index >= 15 is 0 Å². The lowest BCUT2D eigenvalue weighted by atomic mass is 9.96. The molecule has 2 aromatic rings. The van der Waals surface area contributed by atoms with Crippen LogP contribution in [0.5, 0.6) is 0 Å². The first kappa shape index (κ1) is 13.6. The number of carbonyl (C=O) groups is 1. The molecule has 20 heavy (non-hydrogen) atoms. The van der Waals surface area contributed by atoms with Gasteiger partial charge in [-0.1, -0.05) is 30.9 Å². The quantitative estimate of drug-likeness (QED) is 0.886. The third-order valence-electron chi connectivity index (χ3n) is 3.56. The molecular weight excluding hydrogens is 296 g/mol. The van der Waals surface area contributed by atoms with E-state index in [1.165, 1.54) is 19.3 Å². The lowest BCUT2D eigenvalue weighted by Crippen LogP contribution is -2.39. The molecule has 0 atom stereocenters. The smallest absolute Gasteiger partial charge is 0.319 e. The third kappa shape index (κ3) is 2.86. The van der Waals surface area contributed by atoms with Gasteiger partial charge in [0.1, 0.15) is 11.0 Å². The molecule has 0 aliphatic heterocycles. The standard InChI is InChI=1S/C13H15ClN4OS/c14-9-6-7-10-12(18-20-17-10)11(9)16-13(19)15-8-4-2-1-3-5-8/h6-8H,1-5H2,(H2,15,16,19). The number of fused-ring (bicyclic) bond motifs is 1. The molecule has 2 amide bonds. The minimum Gasteiger partial charge on any atom is -0.335 e. The van der Waals surface area contributed by atoms with E-state index in [0.717, 1.165) is 30.1 Å². The molecular formula is C13H15ClN4OS. The molecule has 0 spiro atoms. The average Bonchev–Trinajstić information content (AvgIpc) is 2.92. The van der Waals surface area contributed by atoms with E-state index in [1.807, 2.05) is 0 Å². The maximum Gasteiger partial charge on any atom is 0.319 e. The molecule has 0 saturated heterocycles. The summed E-state index contributed by atoms with van der Waals surface area (Å²) in [5.41, 5.74) is 1.92. The minimum absolute atomic E-state index is 0.223. The summed E-state index contributed by atoms with van der Waals surface area (Å²) in [5.74, 6) is 0. The molecule has 0 unspecified atom stereocenters. The van der Waals surface area contributed by atoms with Gasteiger partial charge >= 0.3 is 6.03 Å². The van der Waals surface area contributed by atoms with Gasteiger partial charge in [0.05, 0.1) is 22.4 Å². The molecule has 1 aliphatic carbocycles. The van der Waals surface area contributed by atoms with Gasteiger partial charge in [0.25, 0.3) is 0 Å². The number of hydrogen-bond acceptors (Lipinski definition) is 4. The van der Waals surface area contributed by atoms with Gasteiger partial charge in [-0.2, -0.15) is 8.75 Å². The topological polar surface area (TPSA) is 66.9 Å². The summed E-state index contributed by atoms with van der Waals surface area (Å²) in [4.78, 5) is 12.1. The Balaban J connectivity index is 1.73. The Morgan fingerprint density at radius 3 is 2.85 bits per heavy atom. The van der Waals surface area contributed by atoms with E-state index < -0.39 is 0 Å². The van der Waals surface area contributed by atoms with Crippen molar-refractivity contribution in [2.24, 2.45) is 0 Å². The summed E-state index contributed by atoms with van der Waals surface area (Å²) in [7, 11) is 0. The number of urea groups is 1. The van der Waals surface area contributed by atoms with E-state index in [-0.39, 0.29) is 12.1 Å². The van der Waals surface area contributed by atoms with Gasteiger partial charge in [-0.3, -0.25) is 0 Å². The predicted octanol–water partition coefficient (Wildman–Crippen LogP) is 3.80. The molecule has 1 aromatic carbocycles. The molecule has 2 N–H and O–H groups in total. The molecule has 0 bridgehead atoms. The maximum absolute atomic E-state index is 12.1. The van der Waals surface area contributed by atoms with Crippen LogP contribution in [0.15, 0.2) is 12.1 Å². The highest BCUT2D eigenvalue weighted by Crippen LogP contribution is 2.29. The van der Waals surface area contributed by atoms with Crippen molar-refractivity contribution in [3.05, 3.63) is 17.2 Å². The largest absolute Gasteiger partial charge is 0.335 e. The summed E-state index contributed by atoms with van der Waals surface area (Å²) in [6.07, 6.45) is 5.71. The first-order valence-electron chi connectivity index (χ1n) is 6.72. The van der Waals surface area contributed by atoms with Crippen molar-refractivity contribution < 1.29 is 4.79 Å². The molecule has 5 nitrogen and oxygen atoms in total. The number of benzene rings is 1. The van der Waals surface area contributed by atoms with Crippen molar-refractivity contribution in [2.75, 3.05) is 5.32 Å². The van der Waals surface area contributed by atoms with Crippen LogP contribution in [0.2, 0.25) is 5.02 Å². The van der Waals surface area contributed by atoms with Gasteiger partial charge in [-0.15, -0.1) is 0 Å². The van der Waals surface area contributed by atoms with Crippen LogP contribution in [0.3, 0.4) is 0 Å². The van der Waals surface area contributed by atoms with E-state index in [0.29, 0.717) is 16.2 Å². The second-order valence-corrected chi connectivity index (χ2v) is 5.92. The number of rotatable bonds is 2. The van der Waals surface area contributed by atoms with E-state index in [4.69, 9.17) is 11.6 Å². The molecule has 1 heterocycles. The monoisotopic (exact) mass is 310 g/mol. The first-order chi connectivity index (χ1) is 9.74. The van der Waals surface area contributed by atoms with E-state index in [9.17, 15) is 4.79 Å². The Bertz CT molecular complexity index is 624. The summed E-state index contributed by atoms with van der Waals surface area (Å²) in [6.45, 7) is 0. The van der Waals surface area contributed by atoms with Crippen LogP contribution in [0, 0.1) is 0 Å². The normalized spacial score (nSPS) is 16.2. The van der Waals surface area contributed by atoms with Crippen molar-refractivity contribution in [1.29, 1.82) is 0 Å². The Kier molecular flexibility index (Phi) is 4.03. The summed E-state index contributed by atoms with van der Waals surface area (Å²) in [6, 6.07) is 3.56. The number of hydrogen-bond donors (Lipinski definition) is 2. The zero-order chi connectivity index (χ0) is 13.9. The Labute approximate surface area is 126 Å². The highest BCUT2D eigenvalue weighted by atomic mass is 35.5. The van der Waals surface area contributed by atoms with Crippen molar-refractivity contribution >= 4 is 46.1 Å². The Morgan fingerprint density at radius 1 is 1.25 bits per heavy atom. The van der Waals surface area contributed by atoms with Crippen molar-refractivity contribution in [3.8, 4) is 0 Å². The lowest BCUT2D eigenvalue weighted by Gasteiger charge is -2.23. The summed E-state index contributed by atoms with van der Waals surface area (Å²) >= 11 is 7.25. The minimum atomic E-state index is -0.223. The van der Waals surface area contributed by atoms with Crippen LogP contribution < -0.4 is 10.6 Å². The summed E-state index contributed by atoms with van der Waals surface area (Å²) < 4.78 is 8.33. The number of anilines is 1. The zero-order valence-corrected chi connectivity index (χ0v) is 12.4. The molecule has 1 fully saturated rings. The number of aromatic nitrogens is 2. The zero-order valence-electron chi connectivity index (χ0n) is 10.9. The maximum atomic E-state index is 12.1. The van der Waals surface area contributed by atoms with Crippen molar-refractivity contribution in [2.45, 2.75) is 38.1 Å². The summed E-state index contributed by atoms with van der Waals surface area (Å²) in [5, 5.41) is 6.28. The molecule has 3 rings (SSSR count). The Morgan fingerprint density at radius 2 is 2.05 bits per heavy atom. The van der Waals surface area contributed by atoms with Crippen LogP contribution in [-0.2, 0) is 0 Å². The van der Waals surface area contributed by atoms with Gasteiger partial charge in [-0.25, -0.2) is 4.79 Å². The Hall–Kier alpha value is -1.40. The van der Waals surface area contributed by atoms with Crippen LogP contribution in [0.25, 0.3) is 11.0 Å². The average molecular weight is 311 g/mol. The van der Waals surface area contributed by atoms with Crippen molar-refractivity contribution in [1.82, 2.24) is 14.1 Å². The molecule has 7 heteroatoms. The second kappa shape index (κ2) is 5.93. The molecule has 1 aromatic heterocycles. The van der Waals surface area contributed by atoms with E-state index in [2.05, 4.69) is 19.4 Å². The van der Waals surface area contributed by atoms with Gasteiger partial charge in [0.2, 0.25) is 0 Å². The SMILES string of the molecule is O=C(Nc1c(Cl)ccc2nsnc12)NC1CCCCC1. The molecule has 106 valence electrons. The lowest BCUT2D eigenvalue weighted by molar-refractivity contribution is 0.244. The number of nitrogens with zero attached hydrogens (tertiary/aromatic N) is 2. The number of halogens is 1. The molecule has 1 saturated carbocycles. The highest BCUT2D eigenvalue weighted by Gasteiger charge is 2.17. The first-order valence-corrected chi connectivity index (χ1v) is 7.83. The van der Waals surface area contributed by atoms with E-state index in [1.54, 1.807) is 12.1 Å². The predicted molar refractivity (Wildman–Crippen MR) is 81.5 cm³/mol. The number of amides is 2. The fraction of sp³-hybridized carbons (Fsp3) is 0.462. The number of nitrogens with one attached hydrogen (secondary N) is 2. The van der Waals surface area contributed by atoms with Crippen LogP contribution >= 0.6 is 23.3 Å². The van der Waals surface area contributed by atoms with Gasteiger partial charge in [0.15, 0.2) is 0 Å². The van der Waals surface area contributed by atoms with Crippen LogP contribution in [-0.4, -0.2) is 20.8 Å².